The predicted molar refractivity (Wildman–Crippen MR) is 73.3 cm³/mol. The highest BCUT2D eigenvalue weighted by Gasteiger charge is 2.07. The second-order valence-electron chi connectivity index (χ2n) is 3.25. The third kappa shape index (κ3) is 4.00. The van der Waals surface area contributed by atoms with Crippen LogP contribution in [0.3, 0.4) is 0 Å². The summed E-state index contributed by atoms with van der Waals surface area (Å²) in [7, 11) is 0. The predicted octanol–water partition coefficient (Wildman–Crippen LogP) is 3.52. The number of rotatable bonds is 5. The van der Waals surface area contributed by atoms with Gasteiger partial charge in [-0.1, -0.05) is 52.5 Å². The number of aromatic nitrogens is 1. The highest BCUT2D eigenvalue weighted by molar-refractivity contribution is 9.10. The SMILES string of the molecule is C=C/C=C(C=C)/C(Cc1cc(Br)ccn1)=N\O. The molecule has 0 fully saturated rings. The Hall–Kier alpha value is -1.68. The van der Waals surface area contributed by atoms with E-state index in [2.05, 4.69) is 39.2 Å². The molecule has 3 nitrogen and oxygen atoms in total. The smallest absolute Gasteiger partial charge is 0.0927 e. The third-order valence-corrected chi connectivity index (χ3v) is 2.59. The van der Waals surface area contributed by atoms with Crippen LogP contribution >= 0.6 is 15.9 Å². The Kier molecular flexibility index (Phi) is 5.36. The largest absolute Gasteiger partial charge is 0.411 e. The van der Waals surface area contributed by atoms with Gasteiger partial charge in [-0.15, -0.1) is 0 Å². The zero-order valence-corrected chi connectivity index (χ0v) is 10.9. The van der Waals surface area contributed by atoms with Crippen molar-refractivity contribution in [3.63, 3.8) is 0 Å². The molecule has 0 aliphatic heterocycles. The molecular formula is C13H13BrN2O. The first-order chi connectivity index (χ1) is 8.21. The Morgan fingerprint density at radius 1 is 1.53 bits per heavy atom. The van der Waals surface area contributed by atoms with Gasteiger partial charge in [-0.3, -0.25) is 4.98 Å². The molecule has 0 atom stereocenters. The first-order valence-corrected chi connectivity index (χ1v) is 5.77. The van der Waals surface area contributed by atoms with Crippen LogP contribution in [0.2, 0.25) is 0 Å². The third-order valence-electron chi connectivity index (χ3n) is 2.10. The topological polar surface area (TPSA) is 45.5 Å². The fourth-order valence-corrected chi connectivity index (χ4v) is 1.70. The van der Waals surface area contributed by atoms with Crippen LogP contribution in [0.25, 0.3) is 0 Å². The average Bonchev–Trinajstić information content (AvgIpc) is 2.33. The summed E-state index contributed by atoms with van der Waals surface area (Å²) < 4.78 is 0.938. The van der Waals surface area contributed by atoms with E-state index in [-0.39, 0.29) is 0 Å². The van der Waals surface area contributed by atoms with Crippen molar-refractivity contribution in [2.75, 3.05) is 0 Å². The van der Waals surface area contributed by atoms with Gasteiger partial charge in [0.2, 0.25) is 0 Å². The Bertz CT molecular complexity index is 478. The van der Waals surface area contributed by atoms with Crippen molar-refractivity contribution < 1.29 is 5.21 Å². The van der Waals surface area contributed by atoms with Crippen LogP contribution in [-0.2, 0) is 6.42 Å². The summed E-state index contributed by atoms with van der Waals surface area (Å²) in [5, 5.41) is 12.3. The molecule has 0 bridgehead atoms. The lowest BCUT2D eigenvalue weighted by molar-refractivity contribution is 0.318. The quantitative estimate of drug-likeness (QED) is 0.391. The summed E-state index contributed by atoms with van der Waals surface area (Å²) in [5.74, 6) is 0. The highest BCUT2D eigenvalue weighted by atomic mass is 79.9. The number of allylic oxidation sites excluding steroid dienone is 4. The number of halogens is 1. The maximum Gasteiger partial charge on any atom is 0.0927 e. The summed E-state index contributed by atoms with van der Waals surface area (Å²) in [6, 6.07) is 3.72. The molecule has 0 saturated carbocycles. The van der Waals surface area contributed by atoms with E-state index < -0.39 is 0 Å². The van der Waals surface area contributed by atoms with E-state index in [0.29, 0.717) is 12.1 Å². The summed E-state index contributed by atoms with van der Waals surface area (Å²) >= 11 is 3.37. The van der Waals surface area contributed by atoms with Crippen molar-refractivity contribution in [3.05, 3.63) is 65.5 Å². The molecule has 88 valence electrons. The molecule has 1 aromatic rings. The van der Waals surface area contributed by atoms with Gasteiger partial charge >= 0.3 is 0 Å². The van der Waals surface area contributed by atoms with E-state index in [1.54, 1.807) is 24.4 Å². The van der Waals surface area contributed by atoms with Gasteiger partial charge in [-0.2, -0.15) is 0 Å². The van der Waals surface area contributed by atoms with Crippen molar-refractivity contribution in [3.8, 4) is 0 Å². The Balaban J connectivity index is 2.95. The number of nitrogens with zero attached hydrogens (tertiary/aromatic N) is 2. The second-order valence-corrected chi connectivity index (χ2v) is 4.17. The van der Waals surface area contributed by atoms with Crippen LogP contribution < -0.4 is 0 Å². The fraction of sp³-hybridized carbons (Fsp3) is 0.0769. The molecule has 0 aromatic carbocycles. The zero-order chi connectivity index (χ0) is 12.7. The molecule has 0 radical (unpaired) electrons. The molecule has 1 heterocycles. The summed E-state index contributed by atoms with van der Waals surface area (Å²) in [4.78, 5) is 4.19. The maximum atomic E-state index is 9.01. The highest BCUT2D eigenvalue weighted by Crippen LogP contribution is 2.12. The Morgan fingerprint density at radius 3 is 2.82 bits per heavy atom. The lowest BCUT2D eigenvalue weighted by Crippen LogP contribution is -2.07. The first-order valence-electron chi connectivity index (χ1n) is 4.98. The van der Waals surface area contributed by atoms with Crippen LogP contribution in [-0.4, -0.2) is 15.9 Å². The summed E-state index contributed by atoms with van der Waals surface area (Å²) in [6.45, 7) is 7.27. The second kappa shape index (κ2) is 6.81. The minimum Gasteiger partial charge on any atom is -0.411 e. The maximum absolute atomic E-state index is 9.01. The van der Waals surface area contributed by atoms with Gasteiger partial charge < -0.3 is 5.21 Å². The lowest BCUT2D eigenvalue weighted by atomic mass is 10.1. The number of hydrogen-bond acceptors (Lipinski definition) is 3. The fourth-order valence-electron chi connectivity index (χ4n) is 1.32. The number of oxime groups is 1. The first kappa shape index (κ1) is 13.4. The molecule has 0 aliphatic rings. The average molecular weight is 293 g/mol. The van der Waals surface area contributed by atoms with Gasteiger partial charge in [-0.25, -0.2) is 0 Å². The molecule has 1 rings (SSSR count). The van der Waals surface area contributed by atoms with Gasteiger partial charge in [0.25, 0.3) is 0 Å². The molecule has 0 saturated heterocycles. The molecule has 1 N–H and O–H groups in total. The molecule has 17 heavy (non-hydrogen) atoms. The summed E-state index contributed by atoms with van der Waals surface area (Å²) in [6.07, 6.45) is 7.10. The van der Waals surface area contributed by atoms with Crippen molar-refractivity contribution >= 4 is 21.6 Å². The molecule has 4 heteroatoms. The van der Waals surface area contributed by atoms with Crippen LogP contribution in [0.4, 0.5) is 0 Å². The van der Waals surface area contributed by atoms with Gasteiger partial charge in [0.15, 0.2) is 0 Å². The van der Waals surface area contributed by atoms with Crippen molar-refractivity contribution in [1.82, 2.24) is 4.98 Å². The molecule has 0 amide bonds. The Morgan fingerprint density at radius 2 is 2.29 bits per heavy atom. The normalized spacial score (nSPS) is 12.3. The van der Waals surface area contributed by atoms with E-state index in [4.69, 9.17) is 5.21 Å². The minimum atomic E-state index is 0.432. The van der Waals surface area contributed by atoms with E-state index in [9.17, 15) is 0 Å². The zero-order valence-electron chi connectivity index (χ0n) is 9.31. The van der Waals surface area contributed by atoms with Crippen molar-refractivity contribution in [2.45, 2.75) is 6.42 Å². The van der Waals surface area contributed by atoms with E-state index >= 15 is 0 Å². The molecule has 0 unspecified atom stereocenters. The van der Waals surface area contributed by atoms with Gasteiger partial charge in [0.05, 0.1) is 5.71 Å². The van der Waals surface area contributed by atoms with Crippen LogP contribution in [0.15, 0.2) is 64.9 Å². The van der Waals surface area contributed by atoms with Crippen LogP contribution in [0.5, 0.6) is 0 Å². The van der Waals surface area contributed by atoms with E-state index in [1.807, 2.05) is 12.1 Å². The lowest BCUT2D eigenvalue weighted by Gasteiger charge is -2.05. The van der Waals surface area contributed by atoms with E-state index in [0.717, 1.165) is 15.7 Å². The number of hydrogen-bond donors (Lipinski definition) is 1. The molecule has 0 spiro atoms. The van der Waals surface area contributed by atoms with Crippen LogP contribution in [0.1, 0.15) is 5.69 Å². The molecule has 1 aromatic heterocycles. The van der Waals surface area contributed by atoms with Crippen LogP contribution in [0, 0.1) is 0 Å². The monoisotopic (exact) mass is 292 g/mol. The summed E-state index contributed by atoms with van der Waals surface area (Å²) in [5.41, 5.74) is 2.04. The Labute approximate surface area is 109 Å². The standard InChI is InChI=1S/C13H13BrN2O/c1-3-5-10(4-2)13(16-17)9-12-8-11(14)6-7-15-12/h3-8,17H,1-2,9H2/b10-5+,16-13-. The van der Waals surface area contributed by atoms with E-state index in [1.165, 1.54) is 0 Å². The number of pyridine rings is 1. The van der Waals surface area contributed by atoms with Crippen molar-refractivity contribution in [2.24, 2.45) is 5.16 Å². The van der Waals surface area contributed by atoms with Gasteiger partial charge in [0, 0.05) is 22.8 Å². The van der Waals surface area contributed by atoms with Gasteiger partial charge in [-0.05, 0) is 17.7 Å². The van der Waals surface area contributed by atoms with Crippen molar-refractivity contribution in [1.29, 1.82) is 0 Å². The molecule has 0 aliphatic carbocycles. The molecular weight excluding hydrogens is 280 g/mol. The minimum absolute atomic E-state index is 0.432. The van der Waals surface area contributed by atoms with Gasteiger partial charge in [0.1, 0.15) is 0 Å².